The third-order valence-corrected chi connectivity index (χ3v) is 2.84. The van der Waals surface area contributed by atoms with Gasteiger partial charge < -0.3 is 15.8 Å². The Morgan fingerprint density at radius 1 is 1.50 bits per heavy atom. The summed E-state index contributed by atoms with van der Waals surface area (Å²) in [4.78, 5) is 23.5. The maximum atomic E-state index is 11.9. The number of carbonyl (C=O) groups excluding carboxylic acids is 2. The van der Waals surface area contributed by atoms with E-state index in [0.717, 1.165) is 12.0 Å². The van der Waals surface area contributed by atoms with Gasteiger partial charge in [-0.05, 0) is 31.0 Å². The molecule has 0 bridgehead atoms. The third kappa shape index (κ3) is 4.12. The van der Waals surface area contributed by atoms with Crippen molar-refractivity contribution in [3.8, 4) is 0 Å². The summed E-state index contributed by atoms with van der Waals surface area (Å²) in [6, 6.07) is 5.00. The normalized spacial score (nSPS) is 11.5. The van der Waals surface area contributed by atoms with E-state index in [-0.39, 0.29) is 5.91 Å². The van der Waals surface area contributed by atoms with Gasteiger partial charge in [0.15, 0.2) is 6.10 Å². The highest BCUT2D eigenvalue weighted by molar-refractivity contribution is 5.93. The Bertz CT molecular complexity index is 512. The predicted molar refractivity (Wildman–Crippen MR) is 78.3 cm³/mol. The molecule has 1 amide bonds. The molecule has 0 spiro atoms. The second kappa shape index (κ2) is 7.33. The summed E-state index contributed by atoms with van der Waals surface area (Å²) in [6.45, 7) is 7.32. The second-order valence-corrected chi connectivity index (χ2v) is 4.35. The van der Waals surface area contributed by atoms with Crippen molar-refractivity contribution in [3.05, 3.63) is 42.0 Å². The number of nitrogen functional groups attached to an aromatic ring is 1. The van der Waals surface area contributed by atoms with Crippen LogP contribution in [0.15, 0.2) is 30.9 Å². The lowest BCUT2D eigenvalue weighted by molar-refractivity contribution is -0.128. The summed E-state index contributed by atoms with van der Waals surface area (Å²) in [5, 5.41) is 2.56. The molecule has 1 rings (SSSR count). The van der Waals surface area contributed by atoms with E-state index in [2.05, 4.69) is 11.9 Å². The average molecular weight is 276 g/mol. The van der Waals surface area contributed by atoms with Gasteiger partial charge in [0.25, 0.3) is 5.91 Å². The molecule has 0 heterocycles. The molecule has 0 unspecified atom stereocenters. The fourth-order valence-corrected chi connectivity index (χ4v) is 1.64. The number of benzene rings is 1. The molecular weight excluding hydrogens is 256 g/mol. The molecule has 0 saturated carbocycles. The quantitative estimate of drug-likeness (QED) is 0.470. The van der Waals surface area contributed by atoms with Crippen molar-refractivity contribution >= 4 is 17.6 Å². The third-order valence-electron chi connectivity index (χ3n) is 2.84. The van der Waals surface area contributed by atoms with Gasteiger partial charge in [-0.2, -0.15) is 0 Å². The van der Waals surface area contributed by atoms with Crippen LogP contribution in [0.25, 0.3) is 0 Å². The van der Waals surface area contributed by atoms with E-state index >= 15 is 0 Å². The molecule has 5 nitrogen and oxygen atoms in total. The first-order valence-corrected chi connectivity index (χ1v) is 6.47. The Hall–Kier alpha value is -2.30. The van der Waals surface area contributed by atoms with Crippen LogP contribution in [0.5, 0.6) is 0 Å². The second-order valence-electron chi connectivity index (χ2n) is 4.35. The Morgan fingerprint density at radius 3 is 2.75 bits per heavy atom. The molecule has 0 aliphatic carbocycles. The predicted octanol–water partition coefficient (Wildman–Crippen LogP) is 1.68. The molecular formula is C15H20N2O3. The number of hydrogen-bond acceptors (Lipinski definition) is 4. The van der Waals surface area contributed by atoms with Gasteiger partial charge in [0.05, 0.1) is 5.56 Å². The molecule has 5 heteroatoms. The number of nitrogens with two attached hydrogens (primary N) is 1. The van der Waals surface area contributed by atoms with Crippen molar-refractivity contribution in [2.24, 2.45) is 0 Å². The number of carbonyl (C=O) groups is 2. The zero-order valence-corrected chi connectivity index (χ0v) is 11.8. The molecule has 0 aliphatic rings. The van der Waals surface area contributed by atoms with E-state index in [0.29, 0.717) is 17.8 Å². The van der Waals surface area contributed by atoms with E-state index < -0.39 is 12.1 Å². The van der Waals surface area contributed by atoms with Crippen molar-refractivity contribution in [2.75, 3.05) is 12.3 Å². The van der Waals surface area contributed by atoms with Crippen molar-refractivity contribution in [3.63, 3.8) is 0 Å². The Morgan fingerprint density at radius 2 is 2.20 bits per heavy atom. The fraction of sp³-hybridized carbons (Fsp3) is 0.333. The van der Waals surface area contributed by atoms with Crippen molar-refractivity contribution in [2.45, 2.75) is 26.4 Å². The van der Waals surface area contributed by atoms with Gasteiger partial charge in [0.2, 0.25) is 0 Å². The highest BCUT2D eigenvalue weighted by Gasteiger charge is 2.18. The van der Waals surface area contributed by atoms with Gasteiger partial charge in [0.1, 0.15) is 0 Å². The van der Waals surface area contributed by atoms with Crippen LogP contribution in [0.4, 0.5) is 5.69 Å². The summed E-state index contributed by atoms with van der Waals surface area (Å²) in [5.74, 6) is -0.933. The first kappa shape index (κ1) is 15.8. The molecule has 3 N–H and O–H groups in total. The molecule has 0 saturated heterocycles. The SMILES string of the molecule is C=CCNC(=O)[C@H](C)OC(=O)c1ccc(CC)c(N)c1. The molecule has 0 radical (unpaired) electrons. The minimum absolute atomic E-state index is 0.332. The Kier molecular flexibility index (Phi) is 5.77. The summed E-state index contributed by atoms with van der Waals surface area (Å²) in [6.07, 6.45) is 1.48. The van der Waals surface area contributed by atoms with Crippen LogP contribution >= 0.6 is 0 Å². The number of esters is 1. The van der Waals surface area contributed by atoms with E-state index in [4.69, 9.17) is 10.5 Å². The highest BCUT2D eigenvalue weighted by Crippen LogP contribution is 2.16. The van der Waals surface area contributed by atoms with Crippen LogP contribution in [0.3, 0.4) is 0 Å². The van der Waals surface area contributed by atoms with E-state index in [1.807, 2.05) is 6.92 Å². The van der Waals surface area contributed by atoms with E-state index in [9.17, 15) is 9.59 Å². The zero-order chi connectivity index (χ0) is 15.1. The lowest BCUT2D eigenvalue weighted by Gasteiger charge is -2.13. The molecule has 1 aromatic carbocycles. The number of amides is 1. The first-order valence-electron chi connectivity index (χ1n) is 6.47. The van der Waals surface area contributed by atoms with Crippen molar-refractivity contribution in [1.82, 2.24) is 5.32 Å². The van der Waals surface area contributed by atoms with Crippen LogP contribution in [0.2, 0.25) is 0 Å². The summed E-state index contributed by atoms with van der Waals surface area (Å²) in [5.41, 5.74) is 7.68. The molecule has 1 atom stereocenters. The first-order chi connectivity index (χ1) is 9.49. The Balaban J connectivity index is 2.68. The minimum atomic E-state index is -0.866. The van der Waals surface area contributed by atoms with Crippen LogP contribution in [0.1, 0.15) is 29.8 Å². The lowest BCUT2D eigenvalue weighted by atomic mass is 10.1. The number of rotatable bonds is 6. The number of hydrogen-bond donors (Lipinski definition) is 2. The maximum Gasteiger partial charge on any atom is 0.338 e. The fourth-order valence-electron chi connectivity index (χ4n) is 1.64. The van der Waals surface area contributed by atoms with Gasteiger partial charge in [-0.1, -0.05) is 19.1 Å². The van der Waals surface area contributed by atoms with Gasteiger partial charge in [-0.15, -0.1) is 6.58 Å². The molecule has 0 aliphatic heterocycles. The zero-order valence-electron chi connectivity index (χ0n) is 11.8. The van der Waals surface area contributed by atoms with Gasteiger partial charge in [-0.25, -0.2) is 4.79 Å². The van der Waals surface area contributed by atoms with Crippen molar-refractivity contribution < 1.29 is 14.3 Å². The monoisotopic (exact) mass is 276 g/mol. The molecule has 108 valence electrons. The molecule has 1 aromatic rings. The van der Waals surface area contributed by atoms with Gasteiger partial charge in [-0.3, -0.25) is 4.79 Å². The smallest absolute Gasteiger partial charge is 0.338 e. The largest absolute Gasteiger partial charge is 0.449 e. The number of ether oxygens (including phenoxy) is 1. The standard InChI is InChI=1S/C15H20N2O3/c1-4-8-17-14(18)10(3)20-15(19)12-7-6-11(5-2)13(16)9-12/h4,6-7,9-10H,1,5,8,16H2,2-3H3,(H,17,18)/t10-/m0/s1. The van der Waals surface area contributed by atoms with Gasteiger partial charge >= 0.3 is 5.97 Å². The number of aryl methyl sites for hydroxylation is 1. The topological polar surface area (TPSA) is 81.4 Å². The number of anilines is 1. The lowest BCUT2D eigenvalue weighted by Crippen LogP contribution is -2.35. The summed E-state index contributed by atoms with van der Waals surface area (Å²) in [7, 11) is 0. The van der Waals surface area contributed by atoms with Crippen LogP contribution < -0.4 is 11.1 Å². The van der Waals surface area contributed by atoms with Gasteiger partial charge in [0, 0.05) is 12.2 Å². The average Bonchev–Trinajstić information content (AvgIpc) is 2.44. The number of nitrogens with one attached hydrogen (secondary N) is 1. The highest BCUT2D eigenvalue weighted by atomic mass is 16.5. The van der Waals surface area contributed by atoms with E-state index in [1.54, 1.807) is 24.3 Å². The van der Waals surface area contributed by atoms with E-state index in [1.165, 1.54) is 6.92 Å². The minimum Gasteiger partial charge on any atom is -0.449 e. The van der Waals surface area contributed by atoms with Crippen LogP contribution in [0, 0.1) is 0 Å². The van der Waals surface area contributed by atoms with Crippen LogP contribution in [-0.4, -0.2) is 24.5 Å². The Labute approximate surface area is 118 Å². The van der Waals surface area contributed by atoms with Crippen molar-refractivity contribution in [1.29, 1.82) is 0 Å². The molecule has 20 heavy (non-hydrogen) atoms. The maximum absolute atomic E-state index is 11.9. The molecule has 0 fully saturated rings. The summed E-state index contributed by atoms with van der Waals surface area (Å²) >= 11 is 0. The summed E-state index contributed by atoms with van der Waals surface area (Å²) < 4.78 is 5.08. The molecule has 0 aromatic heterocycles. The van der Waals surface area contributed by atoms with Crippen LogP contribution in [-0.2, 0) is 16.0 Å².